The predicted octanol–water partition coefficient (Wildman–Crippen LogP) is 4.75. The molecule has 2 aliphatic heterocycles. The minimum absolute atomic E-state index is 0.0707. The van der Waals surface area contributed by atoms with Crippen LogP contribution in [0.1, 0.15) is 33.2 Å². The summed E-state index contributed by atoms with van der Waals surface area (Å²) in [6.45, 7) is 1.21. The molecule has 0 aliphatic carbocycles. The van der Waals surface area contributed by atoms with E-state index in [1.54, 1.807) is 16.7 Å². The van der Waals surface area contributed by atoms with Crippen LogP contribution in [0.5, 0.6) is 11.5 Å². The fourth-order valence-electron chi connectivity index (χ4n) is 3.36. The Kier molecular flexibility index (Phi) is 5.14. The van der Waals surface area contributed by atoms with Crippen molar-refractivity contribution in [2.75, 3.05) is 25.6 Å². The second-order valence-corrected chi connectivity index (χ2v) is 7.94. The lowest BCUT2D eigenvalue weighted by Gasteiger charge is -2.21. The molecule has 1 fully saturated rings. The number of fused-ring (bicyclic) bond motifs is 1. The topological polar surface area (TPSA) is 38.8 Å². The van der Waals surface area contributed by atoms with Crippen LogP contribution in [0.2, 0.25) is 0 Å². The van der Waals surface area contributed by atoms with Gasteiger partial charge in [-0.3, -0.25) is 4.79 Å². The molecule has 1 amide bonds. The molecule has 2 aromatic carbocycles. The summed E-state index contributed by atoms with van der Waals surface area (Å²) in [5.74, 6) is 1.80. The molecule has 1 atom stereocenters. The Balaban J connectivity index is 1.46. The van der Waals surface area contributed by atoms with Gasteiger partial charge in [-0.15, -0.1) is 0 Å². The van der Waals surface area contributed by atoms with Crippen molar-refractivity contribution in [3.8, 4) is 11.5 Å². The first-order valence-electron chi connectivity index (χ1n) is 8.89. The van der Waals surface area contributed by atoms with Crippen molar-refractivity contribution in [3.05, 3.63) is 59.2 Å². The van der Waals surface area contributed by atoms with E-state index in [1.807, 2.05) is 18.2 Å². The van der Waals surface area contributed by atoms with E-state index in [0.717, 1.165) is 35.6 Å². The maximum absolute atomic E-state index is 12.9. The van der Waals surface area contributed by atoms with E-state index >= 15 is 0 Å². The minimum atomic E-state index is -4.46. The Morgan fingerprint density at radius 1 is 1.07 bits per heavy atom. The van der Waals surface area contributed by atoms with Gasteiger partial charge in [0, 0.05) is 29.7 Å². The molecule has 28 heavy (non-hydrogen) atoms. The average molecular weight is 409 g/mol. The van der Waals surface area contributed by atoms with Crippen LogP contribution < -0.4 is 9.47 Å². The Labute approximate surface area is 164 Å². The molecule has 2 aromatic rings. The van der Waals surface area contributed by atoms with E-state index in [0.29, 0.717) is 18.8 Å². The van der Waals surface area contributed by atoms with Gasteiger partial charge in [-0.2, -0.15) is 24.9 Å². The smallest absolute Gasteiger partial charge is 0.416 e. The first-order chi connectivity index (χ1) is 13.4. The summed E-state index contributed by atoms with van der Waals surface area (Å²) in [7, 11) is 0. The number of rotatable bonds is 2. The fourth-order valence-corrected chi connectivity index (χ4v) is 4.59. The molecule has 2 aliphatic rings. The molecular formula is C20H18F3NO3S. The molecule has 0 spiro atoms. The number of amides is 1. The first kappa shape index (κ1) is 19.0. The van der Waals surface area contributed by atoms with Crippen LogP contribution in [-0.4, -0.2) is 36.4 Å². The first-order valence-corrected chi connectivity index (χ1v) is 9.94. The monoisotopic (exact) mass is 409 g/mol. The summed E-state index contributed by atoms with van der Waals surface area (Å²) < 4.78 is 49.5. The number of nitrogens with zero attached hydrogens (tertiary/aromatic N) is 1. The summed E-state index contributed by atoms with van der Waals surface area (Å²) in [5, 5.41) is 0.189. The molecule has 4 rings (SSSR count). The zero-order valence-electron chi connectivity index (χ0n) is 14.9. The Morgan fingerprint density at radius 3 is 2.71 bits per heavy atom. The van der Waals surface area contributed by atoms with Gasteiger partial charge in [0.05, 0.1) is 5.56 Å². The zero-order chi connectivity index (χ0) is 19.7. The van der Waals surface area contributed by atoms with E-state index in [-0.39, 0.29) is 23.5 Å². The van der Waals surface area contributed by atoms with Gasteiger partial charge in [0.25, 0.3) is 5.91 Å². The fraction of sp³-hybridized carbons (Fsp3) is 0.350. The van der Waals surface area contributed by atoms with Gasteiger partial charge in [-0.25, -0.2) is 0 Å². The molecule has 0 saturated carbocycles. The van der Waals surface area contributed by atoms with Crippen molar-refractivity contribution in [2.24, 2.45) is 0 Å². The van der Waals surface area contributed by atoms with E-state index < -0.39 is 11.7 Å². The van der Waals surface area contributed by atoms with Crippen LogP contribution in [0.25, 0.3) is 0 Å². The Hall–Kier alpha value is -2.35. The molecular weight excluding hydrogens is 391 g/mol. The van der Waals surface area contributed by atoms with E-state index in [1.165, 1.54) is 12.1 Å². The summed E-state index contributed by atoms with van der Waals surface area (Å²) in [6, 6.07) is 10.5. The minimum Gasteiger partial charge on any atom is -0.454 e. The second kappa shape index (κ2) is 7.58. The van der Waals surface area contributed by atoms with Gasteiger partial charge in [-0.1, -0.05) is 12.1 Å². The van der Waals surface area contributed by atoms with Gasteiger partial charge in [0.2, 0.25) is 6.79 Å². The number of alkyl halides is 3. The third kappa shape index (κ3) is 3.92. The number of halogens is 3. The predicted molar refractivity (Wildman–Crippen MR) is 99.7 cm³/mol. The van der Waals surface area contributed by atoms with Crippen LogP contribution >= 0.6 is 11.8 Å². The quantitative estimate of drug-likeness (QED) is 0.717. The van der Waals surface area contributed by atoms with Crippen molar-refractivity contribution in [2.45, 2.75) is 17.8 Å². The largest absolute Gasteiger partial charge is 0.454 e. The van der Waals surface area contributed by atoms with Crippen LogP contribution in [0.4, 0.5) is 13.2 Å². The lowest BCUT2D eigenvalue weighted by Crippen LogP contribution is -2.33. The molecule has 148 valence electrons. The van der Waals surface area contributed by atoms with Crippen molar-refractivity contribution < 1.29 is 27.4 Å². The Morgan fingerprint density at radius 2 is 1.89 bits per heavy atom. The summed E-state index contributed by atoms with van der Waals surface area (Å²) in [6.07, 6.45) is -3.75. The van der Waals surface area contributed by atoms with Crippen LogP contribution in [0.15, 0.2) is 42.5 Å². The zero-order valence-corrected chi connectivity index (χ0v) is 15.7. The van der Waals surface area contributed by atoms with Crippen LogP contribution in [0.3, 0.4) is 0 Å². The van der Waals surface area contributed by atoms with E-state index in [9.17, 15) is 18.0 Å². The average Bonchev–Trinajstić information content (AvgIpc) is 3.01. The van der Waals surface area contributed by atoms with Gasteiger partial charge >= 0.3 is 6.18 Å². The third-order valence-electron chi connectivity index (χ3n) is 4.83. The maximum atomic E-state index is 12.9. The Bertz CT molecular complexity index is 887. The lowest BCUT2D eigenvalue weighted by molar-refractivity contribution is -0.137. The number of ether oxygens (including phenoxy) is 2. The molecule has 8 heteroatoms. The number of carbonyl (C=O) groups is 1. The second-order valence-electron chi connectivity index (χ2n) is 6.63. The molecule has 1 unspecified atom stereocenters. The van der Waals surface area contributed by atoms with Gasteiger partial charge in [-0.05, 0) is 42.3 Å². The van der Waals surface area contributed by atoms with Crippen molar-refractivity contribution >= 4 is 17.7 Å². The highest BCUT2D eigenvalue weighted by atomic mass is 32.2. The number of thioether (sulfide) groups is 1. The number of hydrogen-bond acceptors (Lipinski definition) is 4. The molecule has 1 saturated heterocycles. The summed E-state index contributed by atoms with van der Waals surface area (Å²) in [5.41, 5.74) is 0.366. The van der Waals surface area contributed by atoms with Gasteiger partial charge in [0.1, 0.15) is 0 Å². The SMILES string of the molecule is O=C(c1cccc(C(F)(F)F)c1)N1CCSC(c2ccc3c(c2)OCO3)CC1. The molecule has 2 heterocycles. The standard InChI is InChI=1S/C20H18F3NO3S/c21-20(22,23)15-3-1-2-14(10-15)19(25)24-7-6-18(28-9-8-24)13-4-5-16-17(11-13)27-12-26-16/h1-5,10-11,18H,6-9,12H2. The molecule has 0 bridgehead atoms. The van der Waals surface area contributed by atoms with Crippen LogP contribution in [0, 0.1) is 0 Å². The highest BCUT2D eigenvalue weighted by Gasteiger charge is 2.31. The van der Waals surface area contributed by atoms with E-state index in [4.69, 9.17) is 9.47 Å². The van der Waals surface area contributed by atoms with Crippen molar-refractivity contribution in [1.82, 2.24) is 4.90 Å². The lowest BCUT2D eigenvalue weighted by atomic mass is 10.1. The van der Waals surface area contributed by atoms with Gasteiger partial charge in [0.15, 0.2) is 11.5 Å². The number of carbonyl (C=O) groups excluding carboxylic acids is 1. The van der Waals surface area contributed by atoms with Crippen molar-refractivity contribution in [3.63, 3.8) is 0 Å². The van der Waals surface area contributed by atoms with E-state index in [2.05, 4.69) is 0 Å². The van der Waals surface area contributed by atoms with Crippen LogP contribution in [-0.2, 0) is 6.18 Å². The molecule has 4 nitrogen and oxygen atoms in total. The molecule has 0 aromatic heterocycles. The maximum Gasteiger partial charge on any atom is 0.416 e. The number of hydrogen-bond donors (Lipinski definition) is 0. The van der Waals surface area contributed by atoms with Gasteiger partial charge < -0.3 is 14.4 Å². The third-order valence-corrected chi connectivity index (χ3v) is 6.16. The summed E-state index contributed by atoms with van der Waals surface area (Å²) in [4.78, 5) is 14.4. The number of benzene rings is 2. The molecule has 0 radical (unpaired) electrons. The van der Waals surface area contributed by atoms with Crippen molar-refractivity contribution in [1.29, 1.82) is 0 Å². The normalized spacial score (nSPS) is 19.4. The molecule has 0 N–H and O–H groups in total. The highest BCUT2D eigenvalue weighted by molar-refractivity contribution is 7.99. The summed E-state index contributed by atoms with van der Waals surface area (Å²) >= 11 is 1.74. The highest BCUT2D eigenvalue weighted by Crippen LogP contribution is 2.40.